The van der Waals surface area contributed by atoms with Crippen molar-refractivity contribution < 1.29 is 4.74 Å². The molecule has 1 aromatic carbocycles. The minimum absolute atomic E-state index is 0.437. The van der Waals surface area contributed by atoms with E-state index in [1.807, 2.05) is 29.6 Å². The summed E-state index contributed by atoms with van der Waals surface area (Å²) in [5, 5.41) is 14.1. The van der Waals surface area contributed by atoms with E-state index in [9.17, 15) is 0 Å². The number of hydrogen-bond acceptors (Lipinski definition) is 5. The molecule has 86 valence electrons. The molecule has 0 amide bonds. The zero-order valence-electron chi connectivity index (χ0n) is 9.25. The van der Waals surface area contributed by atoms with Crippen LogP contribution in [0, 0.1) is 11.3 Å². The normalized spacial score (nSPS) is 11.5. The van der Waals surface area contributed by atoms with Gasteiger partial charge in [-0.2, -0.15) is 5.26 Å². The van der Waals surface area contributed by atoms with Crippen LogP contribution < -0.4 is 10.1 Å². The fraction of sp³-hybridized carbons (Fsp3) is 0.167. The highest BCUT2D eigenvalue weighted by atomic mass is 32.1. The fourth-order valence-electron chi connectivity index (χ4n) is 1.42. The molecule has 0 aliphatic rings. The van der Waals surface area contributed by atoms with E-state index in [1.54, 1.807) is 12.6 Å². The molecule has 0 saturated carbocycles. The van der Waals surface area contributed by atoms with Gasteiger partial charge in [0.15, 0.2) is 6.04 Å². The van der Waals surface area contributed by atoms with Crippen LogP contribution in [0.1, 0.15) is 11.7 Å². The molecule has 1 N–H and O–H groups in total. The number of nitriles is 1. The lowest BCUT2D eigenvalue weighted by Crippen LogP contribution is -2.08. The summed E-state index contributed by atoms with van der Waals surface area (Å²) in [5.41, 5.74) is 3.29. The minimum atomic E-state index is -0.437. The lowest BCUT2D eigenvalue weighted by atomic mass is 10.2. The van der Waals surface area contributed by atoms with Gasteiger partial charge in [-0.05, 0) is 12.1 Å². The number of hydrogen-bond donors (Lipinski definition) is 1. The summed E-state index contributed by atoms with van der Waals surface area (Å²) in [4.78, 5) is 4.13. The standard InChI is InChI=1S/C12H11N3OS/c1-16-10-4-2-3-9(5-10)15-11(6-13)12-7-17-8-14-12/h2-5,7-8,11,15H,1H3. The molecular weight excluding hydrogens is 234 g/mol. The second kappa shape index (κ2) is 5.32. The first-order valence-corrected chi connectivity index (χ1v) is 5.96. The molecule has 17 heavy (non-hydrogen) atoms. The Labute approximate surface area is 103 Å². The van der Waals surface area contributed by atoms with Crippen LogP contribution in [0.15, 0.2) is 35.2 Å². The van der Waals surface area contributed by atoms with Crippen molar-refractivity contribution in [2.24, 2.45) is 0 Å². The number of rotatable bonds is 4. The van der Waals surface area contributed by atoms with Crippen LogP contribution in [-0.4, -0.2) is 12.1 Å². The summed E-state index contributed by atoms with van der Waals surface area (Å²) in [6.07, 6.45) is 0. The highest BCUT2D eigenvalue weighted by molar-refractivity contribution is 7.07. The van der Waals surface area contributed by atoms with Gasteiger partial charge in [0.25, 0.3) is 0 Å². The maximum atomic E-state index is 9.11. The number of nitrogens with one attached hydrogen (secondary N) is 1. The third-order valence-corrected chi connectivity index (χ3v) is 2.86. The quantitative estimate of drug-likeness (QED) is 0.899. The molecule has 5 heteroatoms. The van der Waals surface area contributed by atoms with Gasteiger partial charge in [0.1, 0.15) is 5.75 Å². The Bertz CT molecular complexity index is 519. The third-order valence-electron chi connectivity index (χ3n) is 2.26. The first-order valence-electron chi connectivity index (χ1n) is 5.02. The molecular formula is C12H11N3OS. The SMILES string of the molecule is COc1cccc(NC(C#N)c2cscn2)c1. The number of aromatic nitrogens is 1. The first-order chi connectivity index (χ1) is 8.33. The Kier molecular flexibility index (Phi) is 3.58. The van der Waals surface area contributed by atoms with Crippen LogP contribution in [0.3, 0.4) is 0 Å². The van der Waals surface area contributed by atoms with E-state index in [1.165, 1.54) is 11.3 Å². The lowest BCUT2D eigenvalue weighted by molar-refractivity contribution is 0.415. The molecule has 1 atom stereocenters. The van der Waals surface area contributed by atoms with Crippen molar-refractivity contribution in [1.82, 2.24) is 4.98 Å². The molecule has 0 aliphatic heterocycles. The Morgan fingerprint density at radius 2 is 2.41 bits per heavy atom. The van der Waals surface area contributed by atoms with Crippen LogP contribution in [0.4, 0.5) is 5.69 Å². The lowest BCUT2D eigenvalue weighted by Gasteiger charge is -2.11. The number of thiazole rings is 1. The third kappa shape index (κ3) is 2.74. The Balaban J connectivity index is 2.16. The number of ether oxygens (including phenoxy) is 1. The zero-order valence-corrected chi connectivity index (χ0v) is 10.1. The number of benzene rings is 1. The van der Waals surface area contributed by atoms with Crippen molar-refractivity contribution in [1.29, 1.82) is 5.26 Å². The van der Waals surface area contributed by atoms with Crippen molar-refractivity contribution in [3.63, 3.8) is 0 Å². The maximum absolute atomic E-state index is 9.11. The van der Waals surface area contributed by atoms with E-state index in [2.05, 4.69) is 16.4 Å². The largest absolute Gasteiger partial charge is 0.497 e. The Morgan fingerprint density at radius 3 is 3.06 bits per heavy atom. The van der Waals surface area contributed by atoms with Crippen LogP contribution >= 0.6 is 11.3 Å². The van der Waals surface area contributed by atoms with Crippen molar-refractivity contribution in [2.45, 2.75) is 6.04 Å². The molecule has 2 aromatic rings. The molecule has 1 aromatic heterocycles. The van der Waals surface area contributed by atoms with Crippen LogP contribution in [-0.2, 0) is 0 Å². The van der Waals surface area contributed by atoms with Gasteiger partial charge in [0.05, 0.1) is 24.4 Å². The van der Waals surface area contributed by atoms with Crippen LogP contribution in [0.5, 0.6) is 5.75 Å². The summed E-state index contributed by atoms with van der Waals surface area (Å²) in [6, 6.07) is 9.21. The fourth-order valence-corrected chi connectivity index (χ4v) is 2.00. The highest BCUT2D eigenvalue weighted by Gasteiger charge is 2.12. The average Bonchev–Trinajstić information content (AvgIpc) is 2.90. The van der Waals surface area contributed by atoms with Gasteiger partial charge in [0.2, 0.25) is 0 Å². The number of nitrogens with zero attached hydrogens (tertiary/aromatic N) is 2. The summed E-state index contributed by atoms with van der Waals surface area (Å²) >= 11 is 1.47. The number of anilines is 1. The molecule has 1 unspecified atom stereocenters. The van der Waals surface area contributed by atoms with E-state index in [4.69, 9.17) is 10.00 Å². The van der Waals surface area contributed by atoms with Gasteiger partial charge in [-0.1, -0.05) is 6.07 Å². The summed E-state index contributed by atoms with van der Waals surface area (Å²) in [7, 11) is 1.61. The smallest absolute Gasteiger partial charge is 0.158 e. The summed E-state index contributed by atoms with van der Waals surface area (Å²) in [6.45, 7) is 0. The highest BCUT2D eigenvalue weighted by Crippen LogP contribution is 2.22. The summed E-state index contributed by atoms with van der Waals surface area (Å²) < 4.78 is 5.12. The molecule has 0 bridgehead atoms. The van der Waals surface area contributed by atoms with Crippen molar-refractivity contribution in [3.8, 4) is 11.8 Å². The Hall–Kier alpha value is -2.06. The van der Waals surface area contributed by atoms with Crippen molar-refractivity contribution in [2.75, 3.05) is 12.4 Å². The average molecular weight is 245 g/mol. The van der Waals surface area contributed by atoms with E-state index in [0.29, 0.717) is 0 Å². The van der Waals surface area contributed by atoms with Gasteiger partial charge in [-0.3, -0.25) is 0 Å². The molecule has 0 fully saturated rings. The van der Waals surface area contributed by atoms with Gasteiger partial charge in [-0.15, -0.1) is 11.3 Å². The molecule has 0 aliphatic carbocycles. The minimum Gasteiger partial charge on any atom is -0.497 e. The van der Waals surface area contributed by atoms with Gasteiger partial charge < -0.3 is 10.1 Å². The topological polar surface area (TPSA) is 57.9 Å². The zero-order chi connectivity index (χ0) is 12.1. The second-order valence-electron chi connectivity index (χ2n) is 3.35. The van der Waals surface area contributed by atoms with Gasteiger partial charge in [0, 0.05) is 17.1 Å². The predicted molar refractivity (Wildman–Crippen MR) is 67.1 cm³/mol. The first kappa shape index (κ1) is 11.4. The molecule has 0 spiro atoms. The maximum Gasteiger partial charge on any atom is 0.158 e. The van der Waals surface area contributed by atoms with E-state index < -0.39 is 6.04 Å². The molecule has 0 radical (unpaired) electrons. The number of methoxy groups -OCH3 is 1. The molecule has 1 heterocycles. The van der Waals surface area contributed by atoms with Crippen molar-refractivity contribution in [3.05, 3.63) is 40.8 Å². The summed E-state index contributed by atoms with van der Waals surface area (Å²) in [5.74, 6) is 0.755. The van der Waals surface area contributed by atoms with Crippen molar-refractivity contribution >= 4 is 17.0 Å². The van der Waals surface area contributed by atoms with Gasteiger partial charge >= 0.3 is 0 Å². The van der Waals surface area contributed by atoms with Crippen LogP contribution in [0.25, 0.3) is 0 Å². The van der Waals surface area contributed by atoms with Crippen LogP contribution in [0.2, 0.25) is 0 Å². The molecule has 4 nitrogen and oxygen atoms in total. The van der Waals surface area contributed by atoms with E-state index in [0.717, 1.165) is 17.1 Å². The van der Waals surface area contributed by atoms with E-state index in [-0.39, 0.29) is 0 Å². The monoisotopic (exact) mass is 245 g/mol. The Morgan fingerprint density at radius 1 is 1.53 bits per heavy atom. The second-order valence-corrected chi connectivity index (χ2v) is 4.07. The van der Waals surface area contributed by atoms with Gasteiger partial charge in [-0.25, -0.2) is 4.98 Å². The predicted octanol–water partition coefficient (Wildman–Crippen LogP) is 2.83. The molecule has 2 rings (SSSR count). The molecule has 0 saturated heterocycles. The van der Waals surface area contributed by atoms with E-state index >= 15 is 0 Å².